The number of alkyl halides is 3. The maximum atomic E-state index is 12.9. The molecule has 2 aliphatic carbocycles. The molecule has 0 amide bonds. The van der Waals surface area contributed by atoms with Crippen molar-refractivity contribution < 1.29 is 23.1 Å². The standard InChI is InChI=1S/C14H17F3N4O3.C13H16N4O3/c1-19-7-18-10-9(19)11(22)21(12(23)20(10)2)6-8-3-4-13(24,5-8)14(15,16)17;1-15-7-14-11-10(15)12(19)17(13(20)16(11)2)6-8-3-4-9(18)5-8/h7-8,24H,3-6H2,1-2H3;7-8H,3-6H2,1-2H3. The van der Waals surface area contributed by atoms with Gasteiger partial charge in [-0.25, -0.2) is 19.6 Å². The van der Waals surface area contributed by atoms with E-state index >= 15 is 0 Å². The van der Waals surface area contributed by atoms with Gasteiger partial charge in [0.05, 0.1) is 12.7 Å². The number of fused-ring (bicyclic) bond motifs is 2. The average molecular weight is 623 g/mol. The average Bonchev–Trinajstić information content (AvgIpc) is 3.74. The van der Waals surface area contributed by atoms with E-state index in [0.717, 1.165) is 11.0 Å². The summed E-state index contributed by atoms with van der Waals surface area (Å²) < 4.78 is 46.5. The summed E-state index contributed by atoms with van der Waals surface area (Å²) in [5, 5.41) is 9.74. The normalized spacial score (nSPS) is 22.2. The van der Waals surface area contributed by atoms with Gasteiger partial charge in [0, 0.05) is 54.1 Å². The quantitative estimate of drug-likeness (QED) is 0.341. The van der Waals surface area contributed by atoms with Gasteiger partial charge >= 0.3 is 17.6 Å². The monoisotopic (exact) mass is 622 g/mol. The first-order valence-corrected chi connectivity index (χ1v) is 14.1. The van der Waals surface area contributed by atoms with Crippen LogP contribution in [0.15, 0.2) is 31.8 Å². The Morgan fingerprint density at radius 3 is 1.70 bits per heavy atom. The molecular weight excluding hydrogens is 589 g/mol. The summed E-state index contributed by atoms with van der Waals surface area (Å²) in [4.78, 5) is 69.0. The zero-order valence-electron chi connectivity index (χ0n) is 24.7. The third kappa shape index (κ3) is 5.22. The molecule has 0 aromatic carbocycles. The predicted octanol–water partition coefficient (Wildman–Crippen LogP) is 0.330. The van der Waals surface area contributed by atoms with E-state index in [4.69, 9.17) is 0 Å². The molecule has 14 nitrogen and oxygen atoms in total. The van der Waals surface area contributed by atoms with Gasteiger partial charge in [0.15, 0.2) is 27.9 Å². The zero-order valence-corrected chi connectivity index (χ0v) is 24.7. The molecule has 2 aliphatic rings. The summed E-state index contributed by atoms with van der Waals surface area (Å²) in [5.74, 6) is -0.312. The smallest absolute Gasteiger partial charge is 0.380 e. The lowest BCUT2D eigenvalue weighted by Crippen LogP contribution is -2.44. The van der Waals surface area contributed by atoms with Crippen molar-refractivity contribution >= 4 is 28.1 Å². The Hall–Kier alpha value is -4.28. The minimum Gasteiger partial charge on any atom is -0.380 e. The molecule has 4 heterocycles. The molecule has 4 aromatic heterocycles. The second-order valence-corrected chi connectivity index (χ2v) is 11.9. The van der Waals surface area contributed by atoms with E-state index in [1.165, 1.54) is 38.0 Å². The van der Waals surface area contributed by atoms with E-state index in [9.17, 15) is 42.3 Å². The van der Waals surface area contributed by atoms with Crippen molar-refractivity contribution in [3.63, 3.8) is 0 Å². The van der Waals surface area contributed by atoms with Crippen LogP contribution < -0.4 is 22.5 Å². The van der Waals surface area contributed by atoms with Gasteiger partial charge in [-0.1, -0.05) is 0 Å². The lowest BCUT2D eigenvalue weighted by Gasteiger charge is -2.25. The van der Waals surface area contributed by atoms with E-state index in [1.807, 2.05) is 0 Å². The molecule has 2 fully saturated rings. The SMILES string of the molecule is Cn1cnc2c1c(=O)n(CC1CCC(=O)C1)c(=O)n2C.Cn1cnc2c1c(=O)n(CC1CCC(O)(C(F)(F)F)C1)c(=O)n2C. The molecule has 0 aliphatic heterocycles. The van der Waals surface area contributed by atoms with E-state index in [2.05, 4.69) is 9.97 Å². The summed E-state index contributed by atoms with van der Waals surface area (Å²) in [6, 6.07) is 0. The molecule has 44 heavy (non-hydrogen) atoms. The number of hydrogen-bond donors (Lipinski definition) is 1. The molecule has 6 rings (SSSR count). The Bertz CT molecular complexity index is 2010. The summed E-state index contributed by atoms with van der Waals surface area (Å²) in [5.41, 5.74) is -3.43. The van der Waals surface area contributed by atoms with E-state index in [0.29, 0.717) is 30.6 Å². The number of hydrogen-bond acceptors (Lipinski definition) is 8. The number of halogens is 3. The number of Topliss-reactive ketones (excluding diaryl/α,β-unsaturated/α-hetero) is 1. The number of aryl methyl sites for hydroxylation is 4. The maximum absolute atomic E-state index is 12.9. The Balaban J connectivity index is 0.000000177. The third-order valence-corrected chi connectivity index (χ3v) is 8.75. The van der Waals surface area contributed by atoms with Crippen molar-refractivity contribution in [2.45, 2.75) is 63.4 Å². The second kappa shape index (κ2) is 11.0. The Morgan fingerprint density at radius 2 is 1.30 bits per heavy atom. The fourth-order valence-electron chi connectivity index (χ4n) is 6.22. The molecule has 1 N–H and O–H groups in total. The van der Waals surface area contributed by atoms with Crippen molar-refractivity contribution in [2.75, 3.05) is 0 Å². The predicted molar refractivity (Wildman–Crippen MR) is 151 cm³/mol. The summed E-state index contributed by atoms with van der Waals surface area (Å²) >= 11 is 0. The van der Waals surface area contributed by atoms with Gasteiger partial charge in [-0.3, -0.25) is 32.7 Å². The van der Waals surface area contributed by atoms with E-state index in [1.54, 1.807) is 25.7 Å². The largest absolute Gasteiger partial charge is 0.417 e. The van der Waals surface area contributed by atoms with Crippen molar-refractivity contribution in [1.82, 2.24) is 37.4 Å². The van der Waals surface area contributed by atoms with Crippen LogP contribution in [0.3, 0.4) is 0 Å². The number of ketones is 1. The molecule has 2 saturated carbocycles. The molecule has 17 heteroatoms. The van der Waals surface area contributed by atoms with Gasteiger partial charge < -0.3 is 14.2 Å². The number of carbonyl (C=O) groups excluding carboxylic acids is 1. The van der Waals surface area contributed by atoms with Crippen molar-refractivity contribution in [3.05, 3.63) is 54.3 Å². The van der Waals surface area contributed by atoms with E-state index < -0.39 is 41.8 Å². The fourth-order valence-corrected chi connectivity index (χ4v) is 6.22. The molecule has 0 saturated heterocycles. The minimum absolute atomic E-state index is 0.0820. The highest BCUT2D eigenvalue weighted by Crippen LogP contribution is 2.45. The summed E-state index contributed by atoms with van der Waals surface area (Å²) in [7, 11) is 6.38. The molecule has 238 valence electrons. The number of imidazole rings is 2. The highest BCUT2D eigenvalue weighted by molar-refractivity contribution is 5.80. The van der Waals surface area contributed by atoms with Gasteiger partial charge in [-0.15, -0.1) is 0 Å². The number of aromatic nitrogens is 8. The van der Waals surface area contributed by atoms with Crippen LogP contribution in [0, 0.1) is 11.8 Å². The van der Waals surface area contributed by atoms with Gasteiger partial charge in [0.2, 0.25) is 0 Å². The van der Waals surface area contributed by atoms with Crippen molar-refractivity contribution in [3.8, 4) is 0 Å². The Labute approximate surface area is 246 Å². The van der Waals surface area contributed by atoms with Gasteiger partial charge in [0.25, 0.3) is 11.1 Å². The van der Waals surface area contributed by atoms with Crippen LogP contribution in [0.1, 0.15) is 38.5 Å². The van der Waals surface area contributed by atoms with Gasteiger partial charge in [-0.2, -0.15) is 13.2 Å². The highest BCUT2D eigenvalue weighted by atomic mass is 19.4. The van der Waals surface area contributed by atoms with Gasteiger partial charge in [-0.05, 0) is 37.5 Å². The van der Waals surface area contributed by atoms with Crippen molar-refractivity contribution in [1.29, 1.82) is 0 Å². The first-order chi connectivity index (χ1) is 20.5. The lowest BCUT2D eigenvalue weighted by molar-refractivity contribution is -0.258. The summed E-state index contributed by atoms with van der Waals surface area (Å²) in [6.45, 7) is 0.142. The molecule has 3 unspecified atom stereocenters. The molecule has 4 aromatic rings. The molecule has 0 bridgehead atoms. The van der Waals surface area contributed by atoms with Crippen LogP contribution >= 0.6 is 0 Å². The minimum atomic E-state index is -4.72. The lowest BCUT2D eigenvalue weighted by atomic mass is 9.99. The number of nitrogens with zero attached hydrogens (tertiary/aromatic N) is 8. The molecular formula is C27H33F3N8O6. The van der Waals surface area contributed by atoms with Crippen LogP contribution in [-0.4, -0.2) is 60.0 Å². The van der Waals surface area contributed by atoms with E-state index in [-0.39, 0.29) is 47.1 Å². The van der Waals surface area contributed by atoms with Crippen LogP contribution in [0.5, 0.6) is 0 Å². The fraction of sp³-hybridized carbons (Fsp3) is 0.593. The second-order valence-electron chi connectivity index (χ2n) is 11.9. The zero-order chi connectivity index (χ0) is 32.3. The Kier molecular flexibility index (Phi) is 7.80. The van der Waals surface area contributed by atoms with Gasteiger partial charge in [0.1, 0.15) is 5.78 Å². The van der Waals surface area contributed by atoms with Crippen molar-refractivity contribution in [2.24, 2.45) is 40.0 Å². The third-order valence-electron chi connectivity index (χ3n) is 8.75. The number of rotatable bonds is 4. The van der Waals surface area contributed by atoms with Crippen LogP contribution in [0.2, 0.25) is 0 Å². The maximum Gasteiger partial charge on any atom is 0.417 e. The topological polar surface area (TPSA) is 161 Å². The first-order valence-electron chi connectivity index (χ1n) is 14.1. The van der Waals surface area contributed by atoms with Crippen LogP contribution in [0.4, 0.5) is 13.2 Å². The Morgan fingerprint density at radius 1 is 0.818 bits per heavy atom. The first kappa shape index (κ1) is 31.2. The molecule has 0 spiro atoms. The summed E-state index contributed by atoms with van der Waals surface area (Å²) in [6.07, 6.45) is -0.897. The number of aliphatic hydroxyl groups is 1. The van der Waals surface area contributed by atoms with Crippen LogP contribution in [0.25, 0.3) is 22.3 Å². The van der Waals surface area contributed by atoms with Crippen LogP contribution in [-0.2, 0) is 46.1 Å². The highest BCUT2D eigenvalue weighted by Gasteiger charge is 2.57. The number of carbonyl (C=O) groups is 1. The molecule has 3 atom stereocenters. The molecule has 0 radical (unpaired) electrons.